The SMILES string of the molecule is CNC(=O)c1cc(C(=O)Nc2cn[nH]c2)cc2c1OC[C@]2(CO)c1ccccc1. The minimum atomic E-state index is -0.870. The van der Waals surface area contributed by atoms with Crippen LogP contribution < -0.4 is 15.4 Å². The molecule has 2 amide bonds. The lowest BCUT2D eigenvalue weighted by Crippen LogP contribution is -2.34. The van der Waals surface area contributed by atoms with Crippen molar-refractivity contribution in [2.45, 2.75) is 5.41 Å². The standard InChI is InChI=1S/C21H20N4O4/c1-22-20(28)16-7-13(19(27)25-15-9-23-24-10-15)8-17-18(16)29-12-21(17,11-26)14-5-3-2-4-6-14/h2-10,26H,11-12H2,1H3,(H,22,28)(H,23,24)(H,25,27)/t21-/m1/s1. The van der Waals surface area contributed by atoms with Crippen LogP contribution in [0, 0.1) is 0 Å². The van der Waals surface area contributed by atoms with Gasteiger partial charge in [-0.25, -0.2) is 0 Å². The number of aliphatic hydroxyl groups excluding tert-OH is 1. The van der Waals surface area contributed by atoms with Crippen molar-refractivity contribution in [2.24, 2.45) is 0 Å². The molecule has 3 aromatic rings. The van der Waals surface area contributed by atoms with Crippen molar-refractivity contribution >= 4 is 17.5 Å². The van der Waals surface area contributed by atoms with Gasteiger partial charge in [0.2, 0.25) is 0 Å². The molecule has 2 heterocycles. The van der Waals surface area contributed by atoms with Crippen LogP contribution in [0.1, 0.15) is 31.8 Å². The fourth-order valence-corrected chi connectivity index (χ4v) is 3.59. The lowest BCUT2D eigenvalue weighted by Gasteiger charge is -2.26. The van der Waals surface area contributed by atoms with Crippen LogP contribution in [0.25, 0.3) is 0 Å². The molecule has 0 spiro atoms. The number of rotatable bonds is 5. The largest absolute Gasteiger partial charge is 0.491 e. The molecule has 1 aliphatic heterocycles. The smallest absolute Gasteiger partial charge is 0.255 e. The maximum Gasteiger partial charge on any atom is 0.255 e. The molecule has 0 aliphatic carbocycles. The minimum absolute atomic E-state index is 0.166. The number of carbonyl (C=O) groups is 2. The summed E-state index contributed by atoms with van der Waals surface area (Å²) in [5.74, 6) is -0.394. The number of carbonyl (C=O) groups excluding carboxylic acids is 2. The van der Waals surface area contributed by atoms with E-state index >= 15 is 0 Å². The van der Waals surface area contributed by atoms with E-state index in [9.17, 15) is 14.7 Å². The summed E-state index contributed by atoms with van der Waals surface area (Å²) in [5.41, 5.74) is 1.60. The van der Waals surface area contributed by atoms with E-state index in [-0.39, 0.29) is 30.2 Å². The average molecular weight is 392 g/mol. The Labute approximate surface area is 166 Å². The molecule has 148 valence electrons. The van der Waals surface area contributed by atoms with E-state index in [1.165, 1.54) is 19.3 Å². The van der Waals surface area contributed by atoms with E-state index in [0.717, 1.165) is 5.56 Å². The predicted octanol–water partition coefficient (Wildman–Crippen LogP) is 1.69. The molecule has 1 aliphatic rings. The maximum atomic E-state index is 12.8. The second-order valence-corrected chi connectivity index (χ2v) is 6.82. The Morgan fingerprint density at radius 3 is 2.69 bits per heavy atom. The molecule has 1 atom stereocenters. The molecular weight excluding hydrogens is 372 g/mol. The van der Waals surface area contributed by atoms with E-state index in [1.54, 1.807) is 12.3 Å². The molecular formula is C21H20N4O4. The van der Waals surface area contributed by atoms with Crippen LogP contribution in [0.5, 0.6) is 5.75 Å². The number of aromatic nitrogens is 2. The zero-order valence-corrected chi connectivity index (χ0v) is 15.7. The molecule has 4 rings (SSSR count). The Bertz CT molecular complexity index is 1050. The van der Waals surface area contributed by atoms with E-state index < -0.39 is 11.3 Å². The van der Waals surface area contributed by atoms with Gasteiger partial charge in [-0.1, -0.05) is 30.3 Å². The monoisotopic (exact) mass is 392 g/mol. The molecule has 0 radical (unpaired) electrons. The summed E-state index contributed by atoms with van der Waals surface area (Å²) in [7, 11) is 1.51. The van der Waals surface area contributed by atoms with Gasteiger partial charge in [-0.05, 0) is 17.7 Å². The number of hydrogen-bond donors (Lipinski definition) is 4. The van der Waals surface area contributed by atoms with E-state index in [4.69, 9.17) is 4.74 Å². The minimum Gasteiger partial charge on any atom is -0.491 e. The number of benzene rings is 2. The fraction of sp³-hybridized carbons (Fsp3) is 0.190. The lowest BCUT2D eigenvalue weighted by molar-refractivity contribution is 0.0959. The van der Waals surface area contributed by atoms with Gasteiger partial charge in [0.1, 0.15) is 12.4 Å². The maximum absolute atomic E-state index is 12.8. The van der Waals surface area contributed by atoms with E-state index in [2.05, 4.69) is 20.8 Å². The third-order valence-corrected chi connectivity index (χ3v) is 5.15. The molecule has 4 N–H and O–H groups in total. The van der Waals surface area contributed by atoms with Crippen LogP contribution in [-0.4, -0.2) is 47.4 Å². The highest BCUT2D eigenvalue weighted by molar-refractivity contribution is 6.07. The molecule has 8 nitrogen and oxygen atoms in total. The number of fused-ring (bicyclic) bond motifs is 1. The Kier molecular flexibility index (Phi) is 4.77. The number of ether oxygens (including phenoxy) is 1. The molecule has 2 aromatic carbocycles. The molecule has 0 bridgehead atoms. The summed E-state index contributed by atoms with van der Waals surface area (Å²) in [6.45, 7) is -0.0658. The molecule has 1 aromatic heterocycles. The Morgan fingerprint density at radius 1 is 1.24 bits per heavy atom. The van der Waals surface area contributed by atoms with Crippen LogP contribution in [0.4, 0.5) is 5.69 Å². The summed E-state index contributed by atoms with van der Waals surface area (Å²) in [6, 6.07) is 12.6. The van der Waals surface area contributed by atoms with Crippen LogP contribution >= 0.6 is 0 Å². The van der Waals surface area contributed by atoms with Gasteiger partial charge in [0.05, 0.1) is 29.5 Å². The van der Waals surface area contributed by atoms with Gasteiger partial charge >= 0.3 is 0 Å². The predicted molar refractivity (Wildman–Crippen MR) is 106 cm³/mol. The summed E-state index contributed by atoms with van der Waals surface area (Å²) < 4.78 is 5.89. The molecule has 29 heavy (non-hydrogen) atoms. The van der Waals surface area contributed by atoms with Gasteiger partial charge in [-0.2, -0.15) is 5.10 Å². The number of aromatic amines is 1. The van der Waals surface area contributed by atoms with Crippen molar-refractivity contribution < 1.29 is 19.4 Å². The Hall–Kier alpha value is -3.65. The van der Waals surface area contributed by atoms with Crippen molar-refractivity contribution in [3.63, 3.8) is 0 Å². The zero-order chi connectivity index (χ0) is 20.4. The zero-order valence-electron chi connectivity index (χ0n) is 15.7. The first-order valence-corrected chi connectivity index (χ1v) is 9.09. The van der Waals surface area contributed by atoms with Gasteiger partial charge in [-0.15, -0.1) is 0 Å². The number of nitrogens with zero attached hydrogens (tertiary/aromatic N) is 1. The molecule has 0 fully saturated rings. The molecule has 0 saturated heterocycles. The summed E-state index contributed by atoms with van der Waals surface area (Å²) >= 11 is 0. The van der Waals surface area contributed by atoms with Crippen molar-refractivity contribution in [1.82, 2.24) is 15.5 Å². The number of anilines is 1. The van der Waals surface area contributed by atoms with E-state index in [0.29, 0.717) is 17.0 Å². The van der Waals surface area contributed by atoms with Gasteiger partial charge in [0, 0.05) is 24.4 Å². The van der Waals surface area contributed by atoms with Crippen LogP contribution in [0.2, 0.25) is 0 Å². The molecule has 8 heteroatoms. The lowest BCUT2D eigenvalue weighted by atomic mass is 9.76. The van der Waals surface area contributed by atoms with Crippen molar-refractivity contribution in [2.75, 3.05) is 25.6 Å². The fourth-order valence-electron chi connectivity index (χ4n) is 3.59. The third kappa shape index (κ3) is 3.13. The summed E-state index contributed by atoms with van der Waals surface area (Å²) in [4.78, 5) is 25.3. The van der Waals surface area contributed by atoms with Gasteiger partial charge in [-0.3, -0.25) is 14.7 Å². The highest BCUT2D eigenvalue weighted by Gasteiger charge is 2.44. The normalized spacial score (nSPS) is 17.3. The van der Waals surface area contributed by atoms with Gasteiger partial charge in [0.25, 0.3) is 11.8 Å². The topological polar surface area (TPSA) is 116 Å². The quantitative estimate of drug-likeness (QED) is 0.527. The van der Waals surface area contributed by atoms with Crippen molar-refractivity contribution in [1.29, 1.82) is 0 Å². The van der Waals surface area contributed by atoms with Crippen molar-refractivity contribution in [3.05, 3.63) is 77.1 Å². The highest BCUT2D eigenvalue weighted by atomic mass is 16.5. The highest BCUT2D eigenvalue weighted by Crippen LogP contribution is 2.45. The first-order valence-electron chi connectivity index (χ1n) is 9.09. The van der Waals surface area contributed by atoms with Gasteiger partial charge in [0.15, 0.2) is 0 Å². The summed E-state index contributed by atoms with van der Waals surface area (Å²) in [6.07, 6.45) is 3.03. The second-order valence-electron chi connectivity index (χ2n) is 6.82. The van der Waals surface area contributed by atoms with Gasteiger partial charge < -0.3 is 20.5 Å². The number of nitrogens with one attached hydrogen (secondary N) is 3. The van der Waals surface area contributed by atoms with Crippen molar-refractivity contribution in [3.8, 4) is 5.75 Å². The number of H-pyrrole nitrogens is 1. The van der Waals surface area contributed by atoms with Crippen LogP contribution in [-0.2, 0) is 5.41 Å². The Balaban J connectivity index is 1.86. The van der Waals surface area contributed by atoms with Crippen LogP contribution in [0.3, 0.4) is 0 Å². The average Bonchev–Trinajstić information content (AvgIpc) is 3.41. The number of amides is 2. The summed E-state index contributed by atoms with van der Waals surface area (Å²) in [5, 5.41) is 22.1. The first-order chi connectivity index (χ1) is 14.1. The van der Waals surface area contributed by atoms with Crippen LogP contribution in [0.15, 0.2) is 54.9 Å². The number of aliphatic hydroxyl groups is 1. The molecule has 0 saturated carbocycles. The first kappa shape index (κ1) is 18.7. The number of hydrogen-bond acceptors (Lipinski definition) is 5. The van der Waals surface area contributed by atoms with E-state index in [1.807, 2.05) is 30.3 Å². The second kappa shape index (κ2) is 7.40. The third-order valence-electron chi connectivity index (χ3n) is 5.15. The Morgan fingerprint density at radius 2 is 2.03 bits per heavy atom. The molecule has 0 unspecified atom stereocenters.